The Balaban J connectivity index is 1.64. The number of methoxy groups -OCH3 is 2. The van der Waals surface area contributed by atoms with Gasteiger partial charge in [0.1, 0.15) is 31.0 Å². The van der Waals surface area contributed by atoms with Crippen molar-refractivity contribution in [3.8, 4) is 17.2 Å². The SMILES string of the molecule is COc1cc2c(cc1OC)[C@@H](C)[NH+](C[C@H](O)COc1ccccc1)CC2. The third-order valence-electron chi connectivity index (χ3n) is 5.12. The standard InChI is InChI=1S/C21H27NO4/c1-15-19-12-21(25-3)20(24-2)11-16(19)9-10-22(15)13-17(23)14-26-18-7-5-4-6-8-18/h4-8,11-12,15,17,23H,9-10,13-14H2,1-3H3/p+1/t15-,17+/m1/s1. The van der Waals surface area contributed by atoms with Crippen LogP contribution in [-0.4, -0.2) is 45.1 Å². The Labute approximate surface area is 155 Å². The lowest BCUT2D eigenvalue weighted by Crippen LogP contribution is -3.14. The minimum absolute atomic E-state index is 0.282. The number of ether oxygens (including phenoxy) is 3. The molecule has 140 valence electrons. The molecule has 2 aromatic carbocycles. The number of aliphatic hydroxyl groups is 1. The Morgan fingerprint density at radius 3 is 2.50 bits per heavy atom. The molecule has 0 aromatic heterocycles. The fraction of sp³-hybridized carbons (Fsp3) is 0.429. The van der Waals surface area contributed by atoms with Gasteiger partial charge in [-0.05, 0) is 36.8 Å². The van der Waals surface area contributed by atoms with Crippen molar-refractivity contribution in [1.29, 1.82) is 0 Å². The molecule has 1 aliphatic heterocycles. The van der Waals surface area contributed by atoms with Crippen molar-refractivity contribution in [2.45, 2.75) is 25.5 Å². The highest BCUT2D eigenvalue weighted by atomic mass is 16.5. The molecule has 0 saturated carbocycles. The molecule has 0 fully saturated rings. The van der Waals surface area contributed by atoms with Gasteiger partial charge < -0.3 is 24.2 Å². The average molecular weight is 358 g/mol. The van der Waals surface area contributed by atoms with Gasteiger partial charge in [0.05, 0.1) is 20.8 Å². The fourth-order valence-electron chi connectivity index (χ4n) is 3.64. The zero-order valence-corrected chi connectivity index (χ0v) is 15.7. The molecular formula is C21H28NO4+. The van der Waals surface area contributed by atoms with Gasteiger partial charge in [-0.3, -0.25) is 0 Å². The topological polar surface area (TPSA) is 52.4 Å². The summed E-state index contributed by atoms with van der Waals surface area (Å²) in [5.41, 5.74) is 2.56. The zero-order chi connectivity index (χ0) is 18.5. The van der Waals surface area contributed by atoms with E-state index >= 15 is 0 Å². The summed E-state index contributed by atoms with van der Waals surface area (Å²) in [6.45, 7) is 4.14. The lowest BCUT2D eigenvalue weighted by Gasteiger charge is -2.34. The number of hydrogen-bond acceptors (Lipinski definition) is 4. The van der Waals surface area contributed by atoms with E-state index < -0.39 is 6.10 Å². The maximum absolute atomic E-state index is 10.4. The molecule has 0 amide bonds. The second kappa shape index (κ2) is 8.43. The zero-order valence-electron chi connectivity index (χ0n) is 15.7. The molecule has 0 saturated heterocycles. The molecule has 2 N–H and O–H groups in total. The van der Waals surface area contributed by atoms with E-state index in [-0.39, 0.29) is 6.04 Å². The minimum atomic E-state index is -0.505. The first kappa shape index (κ1) is 18.5. The van der Waals surface area contributed by atoms with Crippen LogP contribution in [0.3, 0.4) is 0 Å². The van der Waals surface area contributed by atoms with Gasteiger partial charge in [0, 0.05) is 12.0 Å². The summed E-state index contributed by atoms with van der Waals surface area (Å²) in [7, 11) is 3.32. The molecule has 3 atom stereocenters. The highest BCUT2D eigenvalue weighted by Crippen LogP contribution is 2.33. The number of nitrogens with one attached hydrogen (secondary N) is 1. The number of fused-ring (bicyclic) bond motifs is 1. The van der Waals surface area contributed by atoms with Gasteiger partial charge >= 0.3 is 0 Å². The van der Waals surface area contributed by atoms with Gasteiger partial charge in [-0.15, -0.1) is 0 Å². The van der Waals surface area contributed by atoms with Crippen LogP contribution in [-0.2, 0) is 6.42 Å². The molecule has 1 unspecified atom stereocenters. The first-order valence-corrected chi connectivity index (χ1v) is 9.07. The van der Waals surface area contributed by atoms with Crippen molar-refractivity contribution < 1.29 is 24.2 Å². The smallest absolute Gasteiger partial charge is 0.161 e. The first-order valence-electron chi connectivity index (χ1n) is 9.07. The van der Waals surface area contributed by atoms with Gasteiger partial charge in [-0.1, -0.05) is 18.2 Å². The molecule has 0 aliphatic carbocycles. The van der Waals surface area contributed by atoms with E-state index in [4.69, 9.17) is 14.2 Å². The summed E-state index contributed by atoms with van der Waals surface area (Å²) in [6, 6.07) is 14.0. The van der Waals surface area contributed by atoms with Crippen LogP contribution in [0.25, 0.3) is 0 Å². The van der Waals surface area contributed by atoms with Crippen LogP contribution in [0.4, 0.5) is 0 Å². The second-order valence-corrected chi connectivity index (χ2v) is 6.77. The van der Waals surface area contributed by atoms with E-state index in [1.54, 1.807) is 14.2 Å². The van der Waals surface area contributed by atoms with Gasteiger partial charge in [0.25, 0.3) is 0 Å². The van der Waals surface area contributed by atoms with Crippen LogP contribution >= 0.6 is 0 Å². The van der Waals surface area contributed by atoms with E-state index in [0.717, 1.165) is 30.2 Å². The largest absolute Gasteiger partial charge is 0.493 e. The quantitative estimate of drug-likeness (QED) is 0.790. The van der Waals surface area contributed by atoms with E-state index in [1.807, 2.05) is 30.3 Å². The van der Waals surface area contributed by atoms with E-state index in [9.17, 15) is 5.11 Å². The third kappa shape index (κ3) is 4.11. The predicted molar refractivity (Wildman–Crippen MR) is 100 cm³/mol. The summed E-state index contributed by atoms with van der Waals surface area (Å²) < 4.78 is 16.5. The highest BCUT2D eigenvalue weighted by molar-refractivity contribution is 5.48. The van der Waals surface area contributed by atoms with Gasteiger partial charge in [0.2, 0.25) is 0 Å². The first-order chi connectivity index (χ1) is 12.6. The van der Waals surface area contributed by atoms with Crippen molar-refractivity contribution in [2.75, 3.05) is 33.9 Å². The van der Waals surface area contributed by atoms with Gasteiger partial charge in [-0.2, -0.15) is 0 Å². The summed E-state index contributed by atoms with van der Waals surface area (Å²) in [5.74, 6) is 2.32. The van der Waals surface area contributed by atoms with Crippen LogP contribution in [0.5, 0.6) is 17.2 Å². The number of para-hydroxylation sites is 1. The van der Waals surface area contributed by atoms with Crippen LogP contribution in [0.2, 0.25) is 0 Å². The molecule has 0 radical (unpaired) electrons. The van der Waals surface area contributed by atoms with Crippen molar-refractivity contribution in [3.63, 3.8) is 0 Å². The molecule has 0 bridgehead atoms. The van der Waals surface area contributed by atoms with Crippen molar-refractivity contribution >= 4 is 0 Å². The van der Waals surface area contributed by atoms with Crippen LogP contribution in [0, 0.1) is 0 Å². The van der Waals surface area contributed by atoms with E-state index in [0.29, 0.717) is 13.2 Å². The monoisotopic (exact) mass is 358 g/mol. The third-order valence-corrected chi connectivity index (χ3v) is 5.12. The maximum atomic E-state index is 10.4. The molecule has 5 nitrogen and oxygen atoms in total. The van der Waals surface area contributed by atoms with Crippen LogP contribution in [0.15, 0.2) is 42.5 Å². The maximum Gasteiger partial charge on any atom is 0.161 e. The second-order valence-electron chi connectivity index (χ2n) is 6.77. The summed E-state index contributed by atoms with van der Waals surface area (Å²) in [6.07, 6.45) is 0.455. The van der Waals surface area contributed by atoms with Crippen molar-refractivity contribution in [1.82, 2.24) is 0 Å². The van der Waals surface area contributed by atoms with Crippen LogP contribution < -0.4 is 19.1 Å². The Hall–Kier alpha value is -2.24. The molecule has 5 heteroatoms. The summed E-state index contributed by atoms with van der Waals surface area (Å²) in [5, 5.41) is 10.4. The summed E-state index contributed by atoms with van der Waals surface area (Å²) >= 11 is 0. The number of aliphatic hydroxyl groups excluding tert-OH is 1. The number of benzene rings is 2. The van der Waals surface area contributed by atoms with E-state index in [2.05, 4.69) is 19.1 Å². The number of hydrogen-bond donors (Lipinski definition) is 2. The Kier molecular flexibility index (Phi) is 6.01. The average Bonchev–Trinajstić information content (AvgIpc) is 2.68. The lowest BCUT2D eigenvalue weighted by atomic mass is 9.92. The Morgan fingerprint density at radius 2 is 1.81 bits per heavy atom. The number of quaternary nitrogens is 1. The molecule has 1 heterocycles. The highest BCUT2D eigenvalue weighted by Gasteiger charge is 2.30. The molecule has 0 spiro atoms. The lowest BCUT2D eigenvalue weighted by molar-refractivity contribution is -0.934. The number of rotatable bonds is 7. The molecule has 3 rings (SSSR count). The normalized spacial score (nSPS) is 20.2. The minimum Gasteiger partial charge on any atom is -0.493 e. The molecule has 1 aliphatic rings. The molecular weight excluding hydrogens is 330 g/mol. The van der Waals surface area contributed by atoms with Gasteiger partial charge in [-0.25, -0.2) is 0 Å². The van der Waals surface area contributed by atoms with Crippen molar-refractivity contribution in [3.05, 3.63) is 53.6 Å². The molecule has 2 aromatic rings. The summed E-state index contributed by atoms with van der Waals surface area (Å²) in [4.78, 5) is 1.36. The Bertz CT molecular complexity index is 719. The molecule has 26 heavy (non-hydrogen) atoms. The van der Waals surface area contributed by atoms with Crippen LogP contribution in [0.1, 0.15) is 24.1 Å². The Morgan fingerprint density at radius 1 is 1.12 bits per heavy atom. The predicted octanol–water partition coefficient (Wildman–Crippen LogP) is 1.65. The van der Waals surface area contributed by atoms with E-state index in [1.165, 1.54) is 16.0 Å². The van der Waals surface area contributed by atoms with Crippen molar-refractivity contribution in [2.24, 2.45) is 0 Å². The van der Waals surface area contributed by atoms with Gasteiger partial charge in [0.15, 0.2) is 11.5 Å². The fourth-order valence-corrected chi connectivity index (χ4v) is 3.64.